The van der Waals surface area contributed by atoms with Gasteiger partial charge in [0.25, 0.3) is 0 Å². The fourth-order valence-electron chi connectivity index (χ4n) is 2.87. The van der Waals surface area contributed by atoms with Gasteiger partial charge in [0.1, 0.15) is 0 Å². The molecule has 0 saturated heterocycles. The highest BCUT2D eigenvalue weighted by Gasteiger charge is 2.41. The maximum Gasteiger partial charge on any atom is 0.312 e. The van der Waals surface area contributed by atoms with Crippen LogP contribution in [0.4, 0.5) is 0 Å². The number of ether oxygens (including phenoxy) is 1. The van der Waals surface area contributed by atoms with E-state index < -0.39 is 5.41 Å². The quantitative estimate of drug-likeness (QED) is 0.726. The number of hydrogen-bond acceptors (Lipinski definition) is 3. The van der Waals surface area contributed by atoms with Crippen LogP contribution in [-0.2, 0) is 9.53 Å². The first-order valence-electron chi connectivity index (χ1n) is 5.79. The van der Waals surface area contributed by atoms with Gasteiger partial charge in [-0.1, -0.05) is 12.8 Å². The van der Waals surface area contributed by atoms with Gasteiger partial charge in [-0.2, -0.15) is 0 Å². The van der Waals surface area contributed by atoms with Crippen LogP contribution >= 0.6 is 0 Å². The highest BCUT2D eigenvalue weighted by atomic mass is 16.5. The normalized spacial score (nSPS) is 20.3. The predicted octanol–water partition coefficient (Wildman–Crippen LogP) is 1.96. The Morgan fingerprint density at radius 3 is 2.33 bits per heavy atom. The molecule has 0 aromatic heterocycles. The number of carbonyl (C=O) groups is 1. The molecule has 3 heteroatoms. The predicted molar refractivity (Wildman–Crippen MR) is 60.6 cm³/mol. The molecule has 0 aliphatic heterocycles. The van der Waals surface area contributed by atoms with Crippen molar-refractivity contribution >= 4 is 5.97 Å². The summed E-state index contributed by atoms with van der Waals surface area (Å²) in [7, 11) is 3.40. The summed E-state index contributed by atoms with van der Waals surface area (Å²) < 4.78 is 4.88. The topological polar surface area (TPSA) is 38.3 Å². The molecule has 3 nitrogen and oxygen atoms in total. The van der Waals surface area contributed by atoms with Gasteiger partial charge < -0.3 is 10.1 Å². The van der Waals surface area contributed by atoms with Crippen molar-refractivity contribution in [1.82, 2.24) is 5.32 Å². The second-order valence-electron chi connectivity index (χ2n) is 5.02. The first kappa shape index (κ1) is 12.5. The standard InChI is InChI=1S/C12H23NO2/c1-12(2,11(14)15-4)10(13-3)9-7-5-6-8-9/h9-10,13H,5-8H2,1-4H3. The van der Waals surface area contributed by atoms with E-state index in [4.69, 9.17) is 4.74 Å². The van der Waals surface area contributed by atoms with Crippen LogP contribution in [0.5, 0.6) is 0 Å². The molecule has 1 atom stereocenters. The summed E-state index contributed by atoms with van der Waals surface area (Å²) in [5, 5.41) is 3.30. The molecule has 1 aliphatic carbocycles. The van der Waals surface area contributed by atoms with Crippen molar-refractivity contribution in [2.45, 2.75) is 45.6 Å². The van der Waals surface area contributed by atoms with Crippen molar-refractivity contribution in [2.75, 3.05) is 14.2 Å². The minimum Gasteiger partial charge on any atom is -0.469 e. The van der Waals surface area contributed by atoms with Gasteiger partial charge in [0.05, 0.1) is 12.5 Å². The summed E-state index contributed by atoms with van der Waals surface area (Å²) in [6.07, 6.45) is 5.04. The molecule has 88 valence electrons. The zero-order chi connectivity index (χ0) is 11.5. The Morgan fingerprint density at radius 2 is 1.93 bits per heavy atom. The van der Waals surface area contributed by atoms with Gasteiger partial charge in [0.2, 0.25) is 0 Å². The van der Waals surface area contributed by atoms with Crippen molar-refractivity contribution < 1.29 is 9.53 Å². The van der Waals surface area contributed by atoms with Crippen LogP contribution in [-0.4, -0.2) is 26.2 Å². The second kappa shape index (κ2) is 4.97. The van der Waals surface area contributed by atoms with Crippen molar-refractivity contribution in [3.63, 3.8) is 0 Å². The minimum atomic E-state index is -0.432. The molecular formula is C12H23NO2. The van der Waals surface area contributed by atoms with Crippen LogP contribution in [0.25, 0.3) is 0 Å². The second-order valence-corrected chi connectivity index (χ2v) is 5.02. The van der Waals surface area contributed by atoms with E-state index in [0.29, 0.717) is 5.92 Å². The maximum atomic E-state index is 11.7. The van der Waals surface area contributed by atoms with Gasteiger partial charge in [0.15, 0.2) is 0 Å². The van der Waals surface area contributed by atoms with Crippen molar-refractivity contribution in [3.8, 4) is 0 Å². The van der Waals surface area contributed by atoms with Crippen LogP contribution in [0.1, 0.15) is 39.5 Å². The lowest BCUT2D eigenvalue weighted by atomic mass is 9.76. The highest BCUT2D eigenvalue weighted by molar-refractivity contribution is 5.76. The zero-order valence-corrected chi connectivity index (χ0v) is 10.3. The zero-order valence-electron chi connectivity index (χ0n) is 10.3. The van der Waals surface area contributed by atoms with E-state index in [9.17, 15) is 4.79 Å². The summed E-state index contributed by atoms with van der Waals surface area (Å²) >= 11 is 0. The molecule has 1 rings (SSSR count). The number of rotatable bonds is 4. The molecule has 1 N–H and O–H groups in total. The third kappa shape index (κ3) is 2.51. The fourth-order valence-corrected chi connectivity index (χ4v) is 2.87. The molecule has 1 aliphatic rings. The molecular weight excluding hydrogens is 190 g/mol. The Balaban J connectivity index is 2.75. The number of nitrogens with one attached hydrogen (secondary N) is 1. The van der Waals surface area contributed by atoms with E-state index >= 15 is 0 Å². The summed E-state index contributed by atoms with van der Waals surface area (Å²) in [6, 6.07) is 0.229. The Morgan fingerprint density at radius 1 is 1.40 bits per heavy atom. The van der Waals surface area contributed by atoms with Gasteiger partial charge in [0, 0.05) is 6.04 Å². The SMILES string of the molecule is CNC(C1CCCC1)C(C)(C)C(=O)OC. The molecule has 0 aromatic carbocycles. The smallest absolute Gasteiger partial charge is 0.312 e. The number of hydrogen-bond donors (Lipinski definition) is 1. The summed E-state index contributed by atoms with van der Waals surface area (Å²) in [6.45, 7) is 3.94. The molecule has 0 amide bonds. The highest BCUT2D eigenvalue weighted by Crippen LogP contribution is 2.36. The molecule has 0 bridgehead atoms. The number of methoxy groups -OCH3 is 1. The fraction of sp³-hybridized carbons (Fsp3) is 0.917. The summed E-state index contributed by atoms with van der Waals surface area (Å²) in [5.41, 5.74) is -0.432. The van der Waals surface area contributed by atoms with E-state index in [1.54, 1.807) is 0 Å². The van der Waals surface area contributed by atoms with E-state index in [0.717, 1.165) is 0 Å². The Labute approximate surface area is 92.6 Å². The lowest BCUT2D eigenvalue weighted by Crippen LogP contribution is -2.49. The molecule has 1 fully saturated rings. The van der Waals surface area contributed by atoms with E-state index in [1.807, 2.05) is 20.9 Å². The van der Waals surface area contributed by atoms with Crippen LogP contribution in [0, 0.1) is 11.3 Å². The van der Waals surface area contributed by atoms with E-state index in [2.05, 4.69) is 5.32 Å². The average Bonchev–Trinajstić information content (AvgIpc) is 2.70. The Bertz CT molecular complexity index is 220. The molecule has 15 heavy (non-hydrogen) atoms. The largest absolute Gasteiger partial charge is 0.469 e. The molecule has 0 aromatic rings. The van der Waals surface area contributed by atoms with Crippen molar-refractivity contribution in [1.29, 1.82) is 0 Å². The molecule has 1 unspecified atom stereocenters. The Hall–Kier alpha value is -0.570. The lowest BCUT2D eigenvalue weighted by Gasteiger charge is -2.35. The maximum absolute atomic E-state index is 11.7. The molecule has 1 saturated carbocycles. The van der Waals surface area contributed by atoms with Crippen molar-refractivity contribution in [3.05, 3.63) is 0 Å². The van der Waals surface area contributed by atoms with Gasteiger partial charge in [-0.05, 0) is 39.7 Å². The Kier molecular flexibility index (Phi) is 4.14. The minimum absolute atomic E-state index is 0.117. The molecule has 0 heterocycles. The third-order valence-corrected chi connectivity index (χ3v) is 3.67. The average molecular weight is 213 g/mol. The molecule has 0 spiro atoms. The summed E-state index contributed by atoms with van der Waals surface area (Å²) in [5.74, 6) is 0.498. The first-order valence-corrected chi connectivity index (χ1v) is 5.79. The van der Waals surface area contributed by atoms with Crippen LogP contribution in [0.2, 0.25) is 0 Å². The number of esters is 1. The van der Waals surface area contributed by atoms with Gasteiger partial charge in [-0.15, -0.1) is 0 Å². The first-order chi connectivity index (χ1) is 7.04. The molecule has 0 radical (unpaired) electrons. The monoisotopic (exact) mass is 213 g/mol. The van der Waals surface area contributed by atoms with Gasteiger partial charge >= 0.3 is 5.97 Å². The van der Waals surface area contributed by atoms with Crippen molar-refractivity contribution in [2.24, 2.45) is 11.3 Å². The number of carbonyl (C=O) groups excluding carboxylic acids is 1. The van der Waals surface area contributed by atoms with Gasteiger partial charge in [-0.3, -0.25) is 4.79 Å². The lowest BCUT2D eigenvalue weighted by molar-refractivity contribution is -0.153. The van der Waals surface area contributed by atoms with E-state index in [1.165, 1.54) is 32.8 Å². The van der Waals surface area contributed by atoms with Crippen LogP contribution < -0.4 is 5.32 Å². The summed E-state index contributed by atoms with van der Waals surface area (Å²) in [4.78, 5) is 11.7. The van der Waals surface area contributed by atoms with E-state index in [-0.39, 0.29) is 12.0 Å². The van der Waals surface area contributed by atoms with Crippen LogP contribution in [0.3, 0.4) is 0 Å². The van der Waals surface area contributed by atoms with Crippen LogP contribution in [0.15, 0.2) is 0 Å². The van der Waals surface area contributed by atoms with Gasteiger partial charge in [-0.25, -0.2) is 0 Å². The third-order valence-electron chi connectivity index (χ3n) is 3.67.